The Morgan fingerprint density at radius 1 is 1.14 bits per heavy atom. The maximum absolute atomic E-state index is 13.7. The number of carboxylic acid groups (broad SMARTS) is 1. The fraction of sp³-hybridized carbons (Fsp3) is 0.259. The third kappa shape index (κ3) is 7.18. The van der Waals surface area contributed by atoms with E-state index in [1.165, 1.54) is 12.1 Å². The molecule has 0 fully saturated rings. The van der Waals surface area contributed by atoms with Gasteiger partial charge in [-0.25, -0.2) is 4.39 Å². The molecule has 3 aromatic rings. The van der Waals surface area contributed by atoms with Crippen LogP contribution < -0.4 is 0 Å². The van der Waals surface area contributed by atoms with E-state index < -0.39 is 26.5 Å². The number of hydrogen-bond donors (Lipinski definition) is 2. The van der Waals surface area contributed by atoms with Crippen molar-refractivity contribution >= 4 is 20.1 Å². The Morgan fingerprint density at radius 3 is 2.46 bits per heavy atom. The minimum atomic E-state index is -2.59. The van der Waals surface area contributed by atoms with Crippen molar-refractivity contribution in [3.63, 3.8) is 0 Å². The molecule has 0 amide bonds. The van der Waals surface area contributed by atoms with Gasteiger partial charge in [-0.2, -0.15) is 0 Å². The minimum Gasteiger partial charge on any atom is -0.481 e. The van der Waals surface area contributed by atoms with Crippen LogP contribution in [0.4, 0.5) is 4.39 Å². The van der Waals surface area contributed by atoms with Gasteiger partial charge in [-0.3, -0.25) is 14.3 Å². The molecule has 8 heteroatoms. The second-order valence-electron chi connectivity index (χ2n) is 8.09. The lowest BCUT2D eigenvalue weighted by molar-refractivity contribution is -0.138. The molecule has 1 unspecified atom stereocenters. The van der Waals surface area contributed by atoms with Crippen LogP contribution in [0.25, 0.3) is 28.5 Å². The second-order valence-corrected chi connectivity index (χ2v) is 9.53. The van der Waals surface area contributed by atoms with Crippen LogP contribution in [0.3, 0.4) is 0 Å². The summed E-state index contributed by atoms with van der Waals surface area (Å²) in [6.45, 7) is 4.03. The van der Waals surface area contributed by atoms with Crippen molar-refractivity contribution < 1.29 is 28.5 Å². The lowest BCUT2D eigenvalue weighted by atomic mass is 9.90. The maximum atomic E-state index is 13.7. The van der Waals surface area contributed by atoms with Crippen molar-refractivity contribution in [1.29, 1.82) is 0 Å². The van der Waals surface area contributed by atoms with Crippen LogP contribution in [0.1, 0.15) is 30.2 Å². The summed E-state index contributed by atoms with van der Waals surface area (Å²) in [5, 5.41) is 18.3. The molecule has 0 saturated heterocycles. The van der Waals surface area contributed by atoms with E-state index >= 15 is 0 Å². The van der Waals surface area contributed by atoms with Crippen molar-refractivity contribution in [1.82, 2.24) is 4.98 Å². The van der Waals surface area contributed by atoms with Gasteiger partial charge in [-0.15, -0.1) is 0 Å². The summed E-state index contributed by atoms with van der Waals surface area (Å²) in [6, 6.07) is 16.2. The first-order chi connectivity index (χ1) is 16.8. The van der Waals surface area contributed by atoms with E-state index in [4.69, 9.17) is 14.6 Å². The maximum Gasteiger partial charge on any atom is 0.305 e. The second kappa shape index (κ2) is 12.5. The number of aliphatic hydroxyl groups excluding tert-OH is 1. The summed E-state index contributed by atoms with van der Waals surface area (Å²) >= 11 is 0. The van der Waals surface area contributed by atoms with E-state index in [0.717, 1.165) is 39.2 Å². The highest BCUT2D eigenvalue weighted by Gasteiger charge is 2.18. The van der Waals surface area contributed by atoms with Crippen LogP contribution in [-0.4, -0.2) is 40.0 Å². The standard InChI is InChI=1S/C27H29FNO5P/c1-3-24-23(10-7-15-34-35(33)17-22(30)16-25(31)32)26(19-11-13-21(28)14-12-19)18(2)27(29-24)20-8-5-4-6-9-20/h4-14,22,30,35H,3,15-17H2,1-2H3,(H,31,32)/b10-7+/t22-/m0/s1. The van der Waals surface area contributed by atoms with Gasteiger partial charge < -0.3 is 14.7 Å². The average molecular weight is 498 g/mol. The van der Waals surface area contributed by atoms with E-state index in [2.05, 4.69) is 0 Å². The lowest BCUT2D eigenvalue weighted by Gasteiger charge is -2.18. The highest BCUT2D eigenvalue weighted by molar-refractivity contribution is 7.39. The van der Waals surface area contributed by atoms with Crippen molar-refractivity contribution in [2.75, 3.05) is 12.8 Å². The first kappa shape index (κ1) is 26.5. The molecule has 35 heavy (non-hydrogen) atoms. The van der Waals surface area contributed by atoms with E-state index in [1.807, 2.05) is 50.3 Å². The molecule has 6 nitrogen and oxygen atoms in total. The first-order valence-electron chi connectivity index (χ1n) is 11.4. The molecule has 0 radical (unpaired) electrons. The zero-order chi connectivity index (χ0) is 25.4. The Labute approximate surface area is 205 Å². The number of carboxylic acids is 1. The Balaban J connectivity index is 1.94. The average Bonchev–Trinajstić information content (AvgIpc) is 2.82. The van der Waals surface area contributed by atoms with Gasteiger partial charge in [0.1, 0.15) is 5.82 Å². The van der Waals surface area contributed by atoms with E-state index in [9.17, 15) is 18.9 Å². The van der Waals surface area contributed by atoms with Gasteiger partial charge in [-0.05, 0) is 42.2 Å². The number of rotatable bonds is 11. The third-order valence-electron chi connectivity index (χ3n) is 5.51. The third-order valence-corrected chi connectivity index (χ3v) is 6.80. The van der Waals surface area contributed by atoms with E-state index in [0.29, 0.717) is 6.42 Å². The molecule has 184 valence electrons. The number of pyridine rings is 1. The summed E-state index contributed by atoms with van der Waals surface area (Å²) in [5.41, 5.74) is 6.29. The van der Waals surface area contributed by atoms with Crippen LogP contribution in [0.15, 0.2) is 60.7 Å². The number of halogens is 1. The Bertz CT molecular complexity index is 1210. The predicted octanol–water partition coefficient (Wildman–Crippen LogP) is 5.77. The Kier molecular flexibility index (Phi) is 9.49. The lowest BCUT2D eigenvalue weighted by Crippen LogP contribution is -2.15. The molecule has 2 aromatic carbocycles. The van der Waals surface area contributed by atoms with Crippen LogP contribution in [-0.2, 0) is 20.3 Å². The zero-order valence-electron chi connectivity index (χ0n) is 19.7. The number of aliphatic hydroxyl groups is 1. The van der Waals surface area contributed by atoms with Gasteiger partial charge in [0, 0.05) is 23.0 Å². The molecular weight excluding hydrogens is 468 g/mol. The highest BCUT2D eigenvalue weighted by Crippen LogP contribution is 2.36. The van der Waals surface area contributed by atoms with Gasteiger partial charge in [0.2, 0.25) is 0 Å². The van der Waals surface area contributed by atoms with Gasteiger partial charge in [0.05, 0.1) is 24.8 Å². The first-order valence-corrected chi connectivity index (χ1v) is 12.9. The van der Waals surface area contributed by atoms with Gasteiger partial charge in [0.15, 0.2) is 8.03 Å². The van der Waals surface area contributed by atoms with E-state index in [1.54, 1.807) is 18.2 Å². The van der Waals surface area contributed by atoms with Crippen molar-refractivity contribution in [2.45, 2.75) is 32.8 Å². The summed E-state index contributed by atoms with van der Waals surface area (Å²) in [5.74, 6) is -1.48. The molecule has 1 heterocycles. The molecule has 2 atom stereocenters. The topological polar surface area (TPSA) is 96.7 Å². The quantitative estimate of drug-likeness (QED) is 0.327. The van der Waals surface area contributed by atoms with Crippen molar-refractivity contribution in [2.24, 2.45) is 0 Å². The highest BCUT2D eigenvalue weighted by atomic mass is 31.1. The molecule has 0 aliphatic rings. The Hall–Kier alpha value is -3.12. The summed E-state index contributed by atoms with van der Waals surface area (Å²) in [6.07, 6.45) is 2.34. The van der Waals surface area contributed by atoms with E-state index in [-0.39, 0.29) is 18.6 Å². The number of aliphatic carboxylic acids is 1. The molecule has 2 N–H and O–H groups in total. The summed E-state index contributed by atoms with van der Waals surface area (Å²) in [4.78, 5) is 15.6. The number of hydrogen-bond acceptors (Lipinski definition) is 5. The van der Waals surface area contributed by atoms with Crippen LogP contribution in [0.5, 0.6) is 0 Å². The smallest absolute Gasteiger partial charge is 0.305 e. The van der Waals surface area contributed by atoms with Gasteiger partial charge in [-0.1, -0.05) is 61.5 Å². The molecule has 3 rings (SSSR count). The molecule has 0 aliphatic carbocycles. The Morgan fingerprint density at radius 2 is 1.83 bits per heavy atom. The summed E-state index contributed by atoms with van der Waals surface area (Å²) in [7, 11) is -2.59. The molecular formula is C27H29FNO5P. The number of carbonyl (C=O) groups is 1. The SMILES string of the molecule is CCc1nc(-c2ccccc2)c(C)c(-c2ccc(F)cc2)c1/C=C/CO[PH](=O)C[C@@H](O)CC(=O)O. The number of nitrogens with zero attached hydrogens (tertiary/aromatic N) is 1. The number of aryl methyl sites for hydroxylation is 1. The fourth-order valence-electron chi connectivity index (χ4n) is 3.89. The largest absolute Gasteiger partial charge is 0.481 e. The molecule has 0 bridgehead atoms. The number of benzene rings is 2. The van der Waals surface area contributed by atoms with Gasteiger partial charge in [0.25, 0.3) is 0 Å². The molecule has 1 aromatic heterocycles. The van der Waals surface area contributed by atoms with Gasteiger partial charge >= 0.3 is 5.97 Å². The van der Waals surface area contributed by atoms with Crippen molar-refractivity contribution in [3.05, 3.63) is 83.3 Å². The number of aromatic nitrogens is 1. The van der Waals surface area contributed by atoms with Crippen LogP contribution in [0, 0.1) is 12.7 Å². The normalized spacial score (nSPS) is 13.1. The monoisotopic (exact) mass is 497 g/mol. The molecule has 0 saturated carbocycles. The van der Waals surface area contributed by atoms with Crippen molar-refractivity contribution in [3.8, 4) is 22.4 Å². The fourth-order valence-corrected chi connectivity index (χ4v) is 4.82. The van der Waals surface area contributed by atoms with Crippen LogP contribution in [0.2, 0.25) is 0 Å². The molecule has 0 aliphatic heterocycles. The zero-order valence-corrected chi connectivity index (χ0v) is 20.7. The molecule has 0 spiro atoms. The minimum absolute atomic E-state index is 0.0308. The summed E-state index contributed by atoms with van der Waals surface area (Å²) < 4.78 is 31.0. The predicted molar refractivity (Wildman–Crippen MR) is 136 cm³/mol. The van der Waals surface area contributed by atoms with Crippen LogP contribution >= 0.6 is 8.03 Å².